The highest BCUT2D eigenvalue weighted by Crippen LogP contribution is 2.24. The molecule has 2 aliphatic rings. The van der Waals surface area contributed by atoms with Crippen LogP contribution in [-0.2, 0) is 36.1 Å². The van der Waals surface area contributed by atoms with Crippen LogP contribution in [0, 0.1) is 5.92 Å². The Morgan fingerprint density at radius 1 is 1.00 bits per heavy atom. The van der Waals surface area contributed by atoms with Gasteiger partial charge in [0, 0.05) is 38.4 Å². The standard InChI is InChI=1S/C26H36N4O6S2/c1-21-4-3-13-28(19-21)23-7-5-22(6-8-23)18-27-26(31)20-30(37(2,32)33)24-9-11-25(12-10-24)38(34,35)29-14-16-36-17-15-29/h5-12,21H,3-4,13-20H2,1-2H3,(H,27,31). The van der Waals surface area contributed by atoms with Gasteiger partial charge in [0.1, 0.15) is 6.54 Å². The van der Waals surface area contributed by atoms with Crippen molar-refractivity contribution in [3.8, 4) is 0 Å². The van der Waals surface area contributed by atoms with E-state index in [0.29, 0.717) is 19.1 Å². The van der Waals surface area contributed by atoms with Gasteiger partial charge in [-0.2, -0.15) is 4.31 Å². The monoisotopic (exact) mass is 564 g/mol. The van der Waals surface area contributed by atoms with Crippen molar-refractivity contribution < 1.29 is 26.4 Å². The van der Waals surface area contributed by atoms with E-state index in [2.05, 4.69) is 29.3 Å². The molecule has 1 N–H and O–H groups in total. The van der Waals surface area contributed by atoms with E-state index >= 15 is 0 Å². The first-order valence-electron chi connectivity index (χ1n) is 12.8. The van der Waals surface area contributed by atoms with E-state index in [4.69, 9.17) is 4.74 Å². The summed E-state index contributed by atoms with van der Waals surface area (Å²) in [5.74, 6) is 0.209. The quantitative estimate of drug-likeness (QED) is 0.495. The molecule has 0 saturated carbocycles. The van der Waals surface area contributed by atoms with Crippen LogP contribution < -0.4 is 14.5 Å². The number of hydrogen-bond donors (Lipinski definition) is 1. The minimum Gasteiger partial charge on any atom is -0.379 e. The van der Waals surface area contributed by atoms with E-state index in [1.54, 1.807) is 0 Å². The molecule has 12 heteroatoms. The summed E-state index contributed by atoms with van der Waals surface area (Å²) in [6.07, 6.45) is 3.45. The molecule has 0 bridgehead atoms. The third kappa shape index (κ3) is 7.04. The molecule has 0 radical (unpaired) electrons. The third-order valence-corrected chi connectivity index (χ3v) is 9.92. The molecular weight excluding hydrogens is 528 g/mol. The van der Waals surface area contributed by atoms with Crippen LogP contribution in [0.15, 0.2) is 53.4 Å². The second kappa shape index (κ2) is 12.0. The maximum Gasteiger partial charge on any atom is 0.243 e. The number of anilines is 2. The lowest BCUT2D eigenvalue weighted by Gasteiger charge is -2.32. The van der Waals surface area contributed by atoms with Gasteiger partial charge >= 0.3 is 0 Å². The van der Waals surface area contributed by atoms with Crippen molar-refractivity contribution in [1.29, 1.82) is 0 Å². The van der Waals surface area contributed by atoms with Crippen LogP contribution in [-0.4, -0.2) is 79.2 Å². The van der Waals surface area contributed by atoms with Crippen LogP contribution in [0.4, 0.5) is 11.4 Å². The first-order valence-corrected chi connectivity index (χ1v) is 16.1. The number of benzene rings is 2. The molecular formula is C26H36N4O6S2. The Balaban J connectivity index is 1.37. The topological polar surface area (TPSA) is 116 Å². The lowest BCUT2D eigenvalue weighted by atomic mass is 9.99. The highest BCUT2D eigenvalue weighted by molar-refractivity contribution is 7.92. The van der Waals surface area contributed by atoms with Crippen molar-refractivity contribution in [2.75, 3.05) is 61.4 Å². The molecule has 38 heavy (non-hydrogen) atoms. The van der Waals surface area contributed by atoms with Gasteiger partial charge in [-0.05, 0) is 60.7 Å². The van der Waals surface area contributed by atoms with Crippen LogP contribution in [0.25, 0.3) is 0 Å². The number of nitrogens with zero attached hydrogens (tertiary/aromatic N) is 3. The van der Waals surface area contributed by atoms with E-state index in [1.807, 2.05) is 12.1 Å². The molecule has 2 fully saturated rings. The van der Waals surface area contributed by atoms with Crippen LogP contribution in [0.3, 0.4) is 0 Å². The summed E-state index contributed by atoms with van der Waals surface area (Å²) in [5, 5.41) is 2.78. The van der Waals surface area contributed by atoms with Gasteiger partial charge in [0.25, 0.3) is 0 Å². The summed E-state index contributed by atoms with van der Waals surface area (Å²) < 4.78 is 58.2. The Kier molecular flexibility index (Phi) is 8.96. The van der Waals surface area contributed by atoms with Crippen molar-refractivity contribution in [3.63, 3.8) is 0 Å². The van der Waals surface area contributed by atoms with Gasteiger partial charge < -0.3 is 15.0 Å². The van der Waals surface area contributed by atoms with Crippen LogP contribution >= 0.6 is 0 Å². The highest BCUT2D eigenvalue weighted by Gasteiger charge is 2.27. The number of carbonyl (C=O) groups excluding carboxylic acids is 1. The zero-order valence-corrected chi connectivity index (χ0v) is 23.5. The number of carbonyl (C=O) groups is 1. The molecule has 0 aliphatic carbocycles. The third-order valence-electron chi connectivity index (χ3n) is 6.87. The number of hydrogen-bond acceptors (Lipinski definition) is 7. The lowest BCUT2D eigenvalue weighted by Crippen LogP contribution is -2.41. The van der Waals surface area contributed by atoms with Gasteiger partial charge in [0.2, 0.25) is 26.0 Å². The Morgan fingerprint density at radius 2 is 1.66 bits per heavy atom. The first-order chi connectivity index (χ1) is 18.0. The summed E-state index contributed by atoms with van der Waals surface area (Å²) in [4.78, 5) is 15.1. The average Bonchev–Trinajstić information content (AvgIpc) is 2.91. The largest absolute Gasteiger partial charge is 0.379 e. The van der Waals surface area contributed by atoms with Gasteiger partial charge in [-0.15, -0.1) is 0 Å². The maximum absolute atomic E-state index is 12.9. The zero-order chi connectivity index (χ0) is 27.3. The van der Waals surface area contributed by atoms with Gasteiger partial charge in [-0.1, -0.05) is 19.1 Å². The van der Waals surface area contributed by atoms with Crippen LogP contribution in [0.1, 0.15) is 25.3 Å². The van der Waals surface area contributed by atoms with Crippen molar-refractivity contribution >= 4 is 37.3 Å². The van der Waals surface area contributed by atoms with Gasteiger partial charge in [-0.3, -0.25) is 9.10 Å². The summed E-state index contributed by atoms with van der Waals surface area (Å²) in [6, 6.07) is 13.6. The Morgan fingerprint density at radius 3 is 2.26 bits per heavy atom. The number of piperidine rings is 1. The molecule has 208 valence electrons. The molecule has 2 aromatic carbocycles. The van der Waals surface area contributed by atoms with E-state index in [0.717, 1.165) is 34.9 Å². The molecule has 0 aromatic heterocycles. The Bertz CT molecular complexity index is 1310. The number of rotatable bonds is 9. The maximum atomic E-state index is 12.9. The van der Waals surface area contributed by atoms with Gasteiger partial charge in [-0.25, -0.2) is 16.8 Å². The molecule has 2 aliphatic heterocycles. The minimum absolute atomic E-state index is 0.0588. The fourth-order valence-electron chi connectivity index (χ4n) is 4.76. The van der Waals surface area contributed by atoms with Gasteiger partial charge in [0.15, 0.2) is 0 Å². The van der Waals surface area contributed by atoms with Crippen LogP contribution in [0.5, 0.6) is 0 Å². The number of nitrogens with one attached hydrogen (secondary N) is 1. The van der Waals surface area contributed by atoms with E-state index < -0.39 is 32.5 Å². The lowest BCUT2D eigenvalue weighted by molar-refractivity contribution is -0.119. The van der Waals surface area contributed by atoms with Crippen molar-refractivity contribution in [2.24, 2.45) is 5.92 Å². The molecule has 1 atom stereocenters. The molecule has 2 heterocycles. The van der Waals surface area contributed by atoms with Crippen LogP contribution in [0.2, 0.25) is 0 Å². The highest BCUT2D eigenvalue weighted by atomic mass is 32.2. The number of ether oxygens (including phenoxy) is 1. The molecule has 2 saturated heterocycles. The fourth-order valence-corrected chi connectivity index (χ4v) is 7.02. The Labute approximate surface area is 225 Å². The molecule has 10 nitrogen and oxygen atoms in total. The normalized spacial score (nSPS) is 19.2. The molecule has 0 spiro atoms. The molecule has 1 amide bonds. The van der Waals surface area contributed by atoms with E-state index in [1.165, 1.54) is 41.4 Å². The number of morpholine rings is 1. The Hall–Kier alpha value is -2.67. The van der Waals surface area contributed by atoms with E-state index in [-0.39, 0.29) is 30.2 Å². The summed E-state index contributed by atoms with van der Waals surface area (Å²) in [6.45, 7) is 5.38. The van der Waals surface area contributed by atoms with Gasteiger partial charge in [0.05, 0.1) is 30.1 Å². The van der Waals surface area contributed by atoms with Crippen molar-refractivity contribution in [1.82, 2.24) is 9.62 Å². The zero-order valence-electron chi connectivity index (χ0n) is 21.9. The average molecular weight is 565 g/mol. The van der Waals surface area contributed by atoms with Crippen molar-refractivity contribution in [3.05, 3.63) is 54.1 Å². The number of sulfonamides is 2. The summed E-state index contributed by atoms with van der Waals surface area (Å²) >= 11 is 0. The first kappa shape index (κ1) is 28.3. The molecule has 2 aromatic rings. The SMILES string of the molecule is CC1CCCN(c2ccc(CNC(=O)CN(c3ccc(S(=O)(=O)N4CCOCC4)cc3)S(C)(=O)=O)cc2)C1. The minimum atomic E-state index is -3.80. The van der Waals surface area contributed by atoms with E-state index in [9.17, 15) is 21.6 Å². The fraction of sp³-hybridized carbons (Fsp3) is 0.500. The van der Waals surface area contributed by atoms with Crippen molar-refractivity contribution in [2.45, 2.75) is 31.2 Å². The summed E-state index contributed by atoms with van der Waals surface area (Å²) in [7, 11) is -7.51. The second-order valence-electron chi connectivity index (χ2n) is 9.92. The second-order valence-corrected chi connectivity index (χ2v) is 13.8. The molecule has 1 unspecified atom stereocenters. The number of amides is 1. The smallest absolute Gasteiger partial charge is 0.243 e. The predicted octanol–water partition coefficient (Wildman–Crippen LogP) is 2.03. The summed E-state index contributed by atoms with van der Waals surface area (Å²) in [5.41, 5.74) is 2.29. The molecule has 4 rings (SSSR count). The predicted molar refractivity (Wildman–Crippen MR) is 147 cm³/mol.